The topological polar surface area (TPSA) is 78.4 Å². The summed E-state index contributed by atoms with van der Waals surface area (Å²) in [6.07, 6.45) is -4.70. The molecule has 0 bridgehead atoms. The lowest BCUT2D eigenvalue weighted by molar-refractivity contribution is -0.138. The Bertz CT molecular complexity index is 676. The molecular formula is C19H25F3N2O3. The van der Waals surface area contributed by atoms with Crippen LogP contribution in [0.25, 0.3) is 0 Å². The molecule has 2 rings (SSSR count). The summed E-state index contributed by atoms with van der Waals surface area (Å²) in [4.78, 5) is 24.4. The van der Waals surface area contributed by atoms with Crippen molar-refractivity contribution in [2.75, 3.05) is 6.54 Å². The number of aliphatic hydroxyl groups excluding tert-OH is 1. The normalized spacial score (nSPS) is 23.1. The van der Waals surface area contributed by atoms with Crippen molar-refractivity contribution in [1.82, 2.24) is 10.6 Å². The smallest absolute Gasteiger partial charge is 0.391 e. The van der Waals surface area contributed by atoms with Crippen LogP contribution in [0.2, 0.25) is 0 Å². The maximum Gasteiger partial charge on any atom is 0.417 e. The van der Waals surface area contributed by atoms with Gasteiger partial charge in [-0.05, 0) is 37.3 Å². The van der Waals surface area contributed by atoms with Crippen LogP contribution in [-0.2, 0) is 11.0 Å². The zero-order valence-electron chi connectivity index (χ0n) is 15.3. The molecule has 1 saturated carbocycles. The van der Waals surface area contributed by atoms with E-state index in [1.54, 1.807) is 0 Å². The molecule has 0 heterocycles. The van der Waals surface area contributed by atoms with E-state index in [9.17, 15) is 27.9 Å². The molecule has 0 aromatic heterocycles. The van der Waals surface area contributed by atoms with Gasteiger partial charge in [0, 0.05) is 12.5 Å². The highest BCUT2D eigenvalue weighted by atomic mass is 19.4. The number of nitrogens with one attached hydrogen (secondary N) is 2. The van der Waals surface area contributed by atoms with E-state index in [4.69, 9.17) is 0 Å². The Labute approximate surface area is 156 Å². The summed E-state index contributed by atoms with van der Waals surface area (Å²) < 4.78 is 39.2. The first-order valence-electron chi connectivity index (χ1n) is 9.02. The molecule has 0 spiro atoms. The van der Waals surface area contributed by atoms with Crippen LogP contribution in [0.4, 0.5) is 13.2 Å². The van der Waals surface area contributed by atoms with Crippen LogP contribution in [0.3, 0.4) is 0 Å². The molecular weight excluding hydrogens is 361 g/mol. The number of alkyl halides is 3. The number of benzene rings is 1. The first-order valence-corrected chi connectivity index (χ1v) is 9.02. The van der Waals surface area contributed by atoms with Gasteiger partial charge in [-0.1, -0.05) is 26.0 Å². The molecule has 8 heteroatoms. The second-order valence-corrected chi connectivity index (χ2v) is 7.34. The lowest BCUT2D eigenvalue weighted by Crippen LogP contribution is -2.49. The van der Waals surface area contributed by atoms with Crippen LogP contribution >= 0.6 is 0 Å². The number of aliphatic hydroxyl groups is 1. The first kappa shape index (κ1) is 21.2. The quantitative estimate of drug-likeness (QED) is 0.728. The van der Waals surface area contributed by atoms with Crippen molar-refractivity contribution in [3.63, 3.8) is 0 Å². The van der Waals surface area contributed by atoms with Crippen LogP contribution in [0.15, 0.2) is 24.3 Å². The van der Waals surface area contributed by atoms with E-state index in [2.05, 4.69) is 10.6 Å². The van der Waals surface area contributed by atoms with Crippen LogP contribution in [0.5, 0.6) is 0 Å². The average Bonchev–Trinajstić information content (AvgIpc) is 2.60. The summed E-state index contributed by atoms with van der Waals surface area (Å²) in [5.74, 6) is -1.08. The van der Waals surface area contributed by atoms with E-state index in [1.807, 2.05) is 13.8 Å². The van der Waals surface area contributed by atoms with Gasteiger partial charge in [0.25, 0.3) is 5.91 Å². The highest BCUT2D eigenvalue weighted by Gasteiger charge is 2.37. The SMILES string of the molecule is CC(C)CNC(=O)[C@H]1CC[C@@H](NC(=O)c2ccccc2C(F)(F)F)[C@H](O)C1. The number of rotatable bonds is 5. The predicted molar refractivity (Wildman–Crippen MR) is 93.9 cm³/mol. The van der Waals surface area contributed by atoms with Gasteiger partial charge in [-0.2, -0.15) is 13.2 Å². The minimum absolute atomic E-state index is 0.144. The summed E-state index contributed by atoms with van der Waals surface area (Å²) in [7, 11) is 0. The standard InChI is InChI=1S/C19H25F3N2O3/c1-11(2)10-23-17(26)12-7-8-15(16(25)9-12)24-18(27)13-5-3-4-6-14(13)19(20,21)22/h3-6,11-12,15-16,25H,7-10H2,1-2H3,(H,23,26)(H,24,27)/t12-,15+,16+/m0/s1. The molecule has 3 atom stereocenters. The van der Waals surface area contributed by atoms with Crippen molar-refractivity contribution in [2.45, 2.75) is 51.4 Å². The summed E-state index contributed by atoms with van der Waals surface area (Å²) in [6.45, 7) is 4.49. The molecule has 27 heavy (non-hydrogen) atoms. The molecule has 0 aliphatic heterocycles. The molecule has 1 aromatic rings. The van der Waals surface area contributed by atoms with Crippen LogP contribution in [0, 0.1) is 11.8 Å². The summed E-state index contributed by atoms with van der Waals surface area (Å²) in [5.41, 5.74) is -1.49. The average molecular weight is 386 g/mol. The van der Waals surface area contributed by atoms with E-state index in [0.29, 0.717) is 25.3 Å². The van der Waals surface area contributed by atoms with E-state index < -0.39 is 35.4 Å². The molecule has 0 unspecified atom stereocenters. The number of hydrogen-bond acceptors (Lipinski definition) is 3. The summed E-state index contributed by atoms with van der Waals surface area (Å²) in [5, 5.41) is 15.6. The molecule has 1 aliphatic rings. The minimum Gasteiger partial charge on any atom is -0.391 e. The third-order valence-corrected chi connectivity index (χ3v) is 4.67. The Kier molecular flexibility index (Phi) is 6.86. The van der Waals surface area contributed by atoms with Gasteiger partial charge in [-0.15, -0.1) is 0 Å². The first-order chi connectivity index (χ1) is 12.6. The number of halogens is 3. The lowest BCUT2D eigenvalue weighted by atomic mass is 9.83. The zero-order chi connectivity index (χ0) is 20.2. The number of hydrogen-bond donors (Lipinski definition) is 3. The van der Waals surface area contributed by atoms with Gasteiger partial charge in [0.05, 0.1) is 23.3 Å². The fraction of sp³-hybridized carbons (Fsp3) is 0.579. The predicted octanol–water partition coefficient (Wildman–Crippen LogP) is 2.74. The van der Waals surface area contributed by atoms with Crippen molar-refractivity contribution in [3.05, 3.63) is 35.4 Å². The van der Waals surface area contributed by atoms with Crippen molar-refractivity contribution in [2.24, 2.45) is 11.8 Å². The molecule has 150 valence electrons. The highest BCUT2D eigenvalue weighted by molar-refractivity contribution is 5.96. The van der Waals surface area contributed by atoms with Gasteiger partial charge < -0.3 is 15.7 Å². The summed E-state index contributed by atoms with van der Waals surface area (Å²) in [6, 6.07) is 3.84. The molecule has 0 radical (unpaired) electrons. The van der Waals surface area contributed by atoms with Gasteiger partial charge in [0.2, 0.25) is 5.91 Å². The second-order valence-electron chi connectivity index (χ2n) is 7.34. The lowest BCUT2D eigenvalue weighted by Gasteiger charge is -2.33. The largest absolute Gasteiger partial charge is 0.417 e. The van der Waals surface area contributed by atoms with E-state index >= 15 is 0 Å². The van der Waals surface area contributed by atoms with Gasteiger partial charge in [0.1, 0.15) is 0 Å². The zero-order valence-corrected chi connectivity index (χ0v) is 15.3. The molecule has 3 N–H and O–H groups in total. The molecule has 1 aliphatic carbocycles. The van der Waals surface area contributed by atoms with E-state index in [-0.39, 0.29) is 18.2 Å². The second kappa shape index (κ2) is 8.73. The summed E-state index contributed by atoms with van der Waals surface area (Å²) >= 11 is 0. The maximum atomic E-state index is 13.1. The molecule has 5 nitrogen and oxygen atoms in total. The molecule has 1 aromatic carbocycles. The van der Waals surface area contributed by atoms with Crippen LogP contribution in [0.1, 0.15) is 49.0 Å². The van der Waals surface area contributed by atoms with Crippen molar-refractivity contribution < 1.29 is 27.9 Å². The Hall–Kier alpha value is -2.09. The molecule has 0 saturated heterocycles. The maximum absolute atomic E-state index is 13.1. The molecule has 2 amide bonds. The number of carbonyl (C=O) groups excluding carboxylic acids is 2. The third kappa shape index (κ3) is 5.69. The Morgan fingerprint density at radius 1 is 1.22 bits per heavy atom. The molecule has 1 fully saturated rings. The van der Waals surface area contributed by atoms with Gasteiger partial charge in [0.15, 0.2) is 0 Å². The fourth-order valence-electron chi connectivity index (χ4n) is 3.18. The van der Waals surface area contributed by atoms with E-state index in [0.717, 1.165) is 12.1 Å². The van der Waals surface area contributed by atoms with Gasteiger partial charge >= 0.3 is 6.18 Å². The van der Waals surface area contributed by atoms with Gasteiger partial charge in [-0.25, -0.2) is 0 Å². The number of carbonyl (C=O) groups is 2. The van der Waals surface area contributed by atoms with Crippen molar-refractivity contribution >= 4 is 11.8 Å². The highest BCUT2D eigenvalue weighted by Crippen LogP contribution is 2.32. The third-order valence-electron chi connectivity index (χ3n) is 4.67. The van der Waals surface area contributed by atoms with Crippen LogP contribution in [-0.4, -0.2) is 35.6 Å². The fourth-order valence-corrected chi connectivity index (χ4v) is 3.18. The van der Waals surface area contributed by atoms with E-state index in [1.165, 1.54) is 12.1 Å². The van der Waals surface area contributed by atoms with Crippen molar-refractivity contribution in [3.8, 4) is 0 Å². The minimum atomic E-state index is -4.64. The Balaban J connectivity index is 1.98. The number of amides is 2. The van der Waals surface area contributed by atoms with Crippen molar-refractivity contribution in [1.29, 1.82) is 0 Å². The Morgan fingerprint density at radius 3 is 2.48 bits per heavy atom. The Morgan fingerprint density at radius 2 is 1.89 bits per heavy atom. The van der Waals surface area contributed by atoms with Gasteiger partial charge in [-0.3, -0.25) is 9.59 Å². The monoisotopic (exact) mass is 386 g/mol. The van der Waals surface area contributed by atoms with Crippen LogP contribution < -0.4 is 10.6 Å².